The number of pyridine rings is 2. The number of piperidine rings is 1. The molecule has 218 valence electrons. The van der Waals surface area contributed by atoms with Crippen molar-refractivity contribution >= 4 is 23.2 Å². The Hall–Kier alpha value is -4.26. The first kappa shape index (κ1) is 27.9. The van der Waals surface area contributed by atoms with Gasteiger partial charge in [-0.05, 0) is 60.7 Å². The van der Waals surface area contributed by atoms with E-state index in [9.17, 15) is 27.9 Å². The predicted molar refractivity (Wildman–Crippen MR) is 146 cm³/mol. The van der Waals surface area contributed by atoms with Crippen LogP contribution in [0.5, 0.6) is 5.88 Å². The number of halogens is 3. The fraction of sp³-hybridized carbons (Fsp3) is 0.345. The fourth-order valence-electron chi connectivity index (χ4n) is 5.19. The average molecular weight is 598 g/mol. The van der Waals surface area contributed by atoms with Crippen LogP contribution in [-0.2, 0) is 17.6 Å². The van der Waals surface area contributed by atoms with Crippen molar-refractivity contribution in [3.8, 4) is 22.3 Å². The average Bonchev–Trinajstić information content (AvgIpc) is 3.54. The molecule has 1 aliphatic heterocycles. The molecule has 0 aromatic carbocycles. The Labute approximate surface area is 242 Å². The molecule has 4 aromatic heterocycles. The van der Waals surface area contributed by atoms with Gasteiger partial charge in [-0.2, -0.15) is 18.3 Å². The molecule has 2 fully saturated rings. The number of carbonyl (C=O) groups is 2. The number of alkyl halides is 3. The molecular weight excluding hydrogens is 571 g/mol. The Morgan fingerprint density at radius 2 is 1.83 bits per heavy atom. The SMILES string of the molecule is O=C(O)c1cnn(-c2cccc(-c3sccc3COc3ccc(C4CCN(C(=O)C5CC5)CC4)cn3)n2)c1C(F)(F)F. The second-order valence-electron chi connectivity index (χ2n) is 10.4. The lowest BCUT2D eigenvalue weighted by atomic mass is 9.90. The first-order valence-electron chi connectivity index (χ1n) is 13.5. The maximum absolute atomic E-state index is 13.7. The number of ether oxygens (including phenoxy) is 1. The quantitative estimate of drug-likeness (QED) is 0.273. The Balaban J connectivity index is 1.13. The summed E-state index contributed by atoms with van der Waals surface area (Å²) in [5.41, 5.74) is -0.0721. The molecule has 4 aromatic rings. The van der Waals surface area contributed by atoms with E-state index in [1.165, 1.54) is 23.5 Å². The van der Waals surface area contributed by atoms with Crippen molar-refractivity contribution in [3.63, 3.8) is 0 Å². The van der Waals surface area contributed by atoms with Crippen LogP contribution in [0.1, 0.15) is 58.8 Å². The summed E-state index contributed by atoms with van der Waals surface area (Å²) in [6, 6.07) is 10.2. The van der Waals surface area contributed by atoms with E-state index in [-0.39, 0.29) is 18.3 Å². The zero-order valence-corrected chi connectivity index (χ0v) is 23.1. The summed E-state index contributed by atoms with van der Waals surface area (Å²) < 4.78 is 47.5. The third kappa shape index (κ3) is 5.73. The van der Waals surface area contributed by atoms with Gasteiger partial charge in [0.05, 0.1) is 16.8 Å². The highest BCUT2D eigenvalue weighted by Crippen LogP contribution is 2.36. The molecule has 9 nitrogen and oxygen atoms in total. The number of aromatic carboxylic acids is 1. The van der Waals surface area contributed by atoms with Crippen LogP contribution in [0.4, 0.5) is 13.2 Å². The van der Waals surface area contributed by atoms with E-state index in [1.807, 2.05) is 34.7 Å². The van der Waals surface area contributed by atoms with Crippen LogP contribution in [0, 0.1) is 5.92 Å². The summed E-state index contributed by atoms with van der Waals surface area (Å²) in [6.45, 7) is 1.71. The molecule has 1 amide bonds. The molecule has 5 heterocycles. The maximum Gasteiger partial charge on any atom is 0.434 e. The van der Waals surface area contributed by atoms with Crippen molar-refractivity contribution in [3.05, 3.63) is 76.6 Å². The van der Waals surface area contributed by atoms with E-state index in [0.29, 0.717) is 39.2 Å². The Morgan fingerprint density at radius 3 is 2.50 bits per heavy atom. The molecule has 6 rings (SSSR count). The van der Waals surface area contributed by atoms with Gasteiger partial charge in [-0.25, -0.2) is 19.4 Å². The van der Waals surface area contributed by atoms with Crippen molar-refractivity contribution in [1.29, 1.82) is 0 Å². The van der Waals surface area contributed by atoms with Gasteiger partial charge in [-0.15, -0.1) is 11.3 Å². The predicted octanol–water partition coefficient (Wildman–Crippen LogP) is 5.80. The van der Waals surface area contributed by atoms with E-state index in [1.54, 1.807) is 6.07 Å². The largest absolute Gasteiger partial charge is 0.478 e. The Bertz CT molecular complexity index is 1610. The number of amides is 1. The number of nitrogens with zero attached hydrogens (tertiary/aromatic N) is 5. The molecule has 0 spiro atoms. The van der Waals surface area contributed by atoms with Gasteiger partial charge < -0.3 is 14.7 Å². The monoisotopic (exact) mass is 597 g/mol. The first-order chi connectivity index (χ1) is 20.2. The van der Waals surface area contributed by atoms with E-state index >= 15 is 0 Å². The molecule has 0 unspecified atom stereocenters. The maximum atomic E-state index is 13.7. The number of carboxylic acids is 1. The van der Waals surface area contributed by atoms with Crippen molar-refractivity contribution in [1.82, 2.24) is 24.6 Å². The molecule has 1 aliphatic carbocycles. The molecule has 1 saturated carbocycles. The summed E-state index contributed by atoms with van der Waals surface area (Å²) in [5.74, 6) is -0.566. The summed E-state index contributed by atoms with van der Waals surface area (Å²) in [5, 5.41) is 14.7. The van der Waals surface area contributed by atoms with Crippen LogP contribution in [-0.4, -0.2) is 54.7 Å². The van der Waals surface area contributed by atoms with Crippen LogP contribution < -0.4 is 4.74 Å². The smallest absolute Gasteiger partial charge is 0.434 e. The molecule has 0 atom stereocenters. The van der Waals surface area contributed by atoms with Gasteiger partial charge in [0.15, 0.2) is 11.5 Å². The molecule has 42 heavy (non-hydrogen) atoms. The van der Waals surface area contributed by atoms with Crippen molar-refractivity contribution in [2.75, 3.05) is 13.1 Å². The second-order valence-corrected chi connectivity index (χ2v) is 11.3. The topological polar surface area (TPSA) is 110 Å². The van der Waals surface area contributed by atoms with Crippen molar-refractivity contribution in [2.24, 2.45) is 5.92 Å². The van der Waals surface area contributed by atoms with E-state index < -0.39 is 23.4 Å². The third-order valence-corrected chi connectivity index (χ3v) is 8.52. The van der Waals surface area contributed by atoms with Crippen molar-refractivity contribution < 1.29 is 32.6 Å². The Morgan fingerprint density at radius 1 is 1.05 bits per heavy atom. The third-order valence-electron chi connectivity index (χ3n) is 7.54. The molecule has 1 N–H and O–H groups in total. The standard InChI is InChI=1S/C29H26F3N5O4S/c30-29(31,32)26-21(28(39)40)15-34-37(26)23-3-1-2-22(35-23)25-20(10-13-42-25)16-41-24-7-6-19(14-33-24)17-8-11-36(12-9-17)27(38)18-4-5-18/h1-3,6-7,10,13-15,17-18H,4-5,8-9,11-12,16H2,(H,39,40). The highest BCUT2D eigenvalue weighted by molar-refractivity contribution is 7.13. The fourth-order valence-corrected chi connectivity index (χ4v) is 6.07. The summed E-state index contributed by atoms with van der Waals surface area (Å²) in [6.07, 6.45) is 1.38. The van der Waals surface area contributed by atoms with Gasteiger partial charge in [0.2, 0.25) is 11.8 Å². The number of aromatic nitrogens is 4. The van der Waals surface area contributed by atoms with Crippen molar-refractivity contribution in [2.45, 2.75) is 44.4 Å². The Kier molecular flexibility index (Phi) is 7.43. The van der Waals surface area contributed by atoms with Gasteiger partial charge in [-0.3, -0.25) is 4.79 Å². The number of hydrogen-bond acceptors (Lipinski definition) is 7. The highest BCUT2D eigenvalue weighted by atomic mass is 32.1. The van der Waals surface area contributed by atoms with Crippen LogP contribution in [0.2, 0.25) is 0 Å². The summed E-state index contributed by atoms with van der Waals surface area (Å²) in [7, 11) is 0. The van der Waals surface area contributed by atoms with Gasteiger partial charge in [-0.1, -0.05) is 12.1 Å². The normalized spacial score (nSPS) is 16.0. The zero-order chi connectivity index (χ0) is 29.4. The molecule has 13 heteroatoms. The number of hydrogen-bond donors (Lipinski definition) is 1. The van der Waals surface area contributed by atoms with E-state index in [2.05, 4.69) is 15.1 Å². The lowest BCUT2D eigenvalue weighted by molar-refractivity contribution is -0.143. The minimum Gasteiger partial charge on any atom is -0.478 e. The number of likely N-dealkylation sites (tertiary alicyclic amines) is 1. The highest BCUT2D eigenvalue weighted by Gasteiger charge is 2.41. The number of carboxylic acid groups (broad SMARTS) is 1. The lowest BCUT2D eigenvalue weighted by Crippen LogP contribution is -2.38. The zero-order valence-electron chi connectivity index (χ0n) is 22.3. The van der Waals surface area contributed by atoms with Gasteiger partial charge in [0.1, 0.15) is 12.2 Å². The van der Waals surface area contributed by atoms with Gasteiger partial charge in [0, 0.05) is 36.8 Å². The first-order valence-corrected chi connectivity index (χ1v) is 14.4. The minimum absolute atomic E-state index is 0.160. The number of carbonyl (C=O) groups excluding carboxylic acids is 1. The van der Waals surface area contributed by atoms with Gasteiger partial charge in [0.25, 0.3) is 0 Å². The van der Waals surface area contributed by atoms with E-state index in [4.69, 9.17) is 4.74 Å². The summed E-state index contributed by atoms with van der Waals surface area (Å²) >= 11 is 1.35. The van der Waals surface area contributed by atoms with E-state index in [0.717, 1.165) is 49.9 Å². The summed E-state index contributed by atoms with van der Waals surface area (Å²) in [4.78, 5) is 35.2. The second kappa shape index (κ2) is 11.2. The van der Waals surface area contributed by atoms with Crippen LogP contribution in [0.3, 0.4) is 0 Å². The van der Waals surface area contributed by atoms with Crippen LogP contribution >= 0.6 is 11.3 Å². The molecule has 0 bridgehead atoms. The number of thiophene rings is 1. The lowest BCUT2D eigenvalue weighted by Gasteiger charge is -2.32. The van der Waals surface area contributed by atoms with Gasteiger partial charge >= 0.3 is 12.1 Å². The van der Waals surface area contributed by atoms with Crippen LogP contribution in [0.15, 0.2) is 54.2 Å². The molecule has 2 aliphatic rings. The van der Waals surface area contributed by atoms with Crippen LogP contribution in [0.25, 0.3) is 16.4 Å². The number of rotatable bonds is 8. The molecule has 0 radical (unpaired) electrons. The molecule has 1 saturated heterocycles. The minimum atomic E-state index is -4.95. The molecular formula is C29H26F3N5O4S.